The molecule has 1 fully saturated rings. The smallest absolute Gasteiger partial charge is 0.119 e. The van der Waals surface area contributed by atoms with Crippen LogP contribution in [-0.4, -0.2) is 30.5 Å². The molecule has 1 saturated carbocycles. The molecule has 2 aliphatic carbocycles. The average Bonchev–Trinajstić information content (AvgIpc) is 3.14. The lowest BCUT2D eigenvalue weighted by molar-refractivity contribution is 0.0318. The molecule has 0 radical (unpaired) electrons. The Morgan fingerprint density at radius 1 is 1.14 bits per heavy atom. The molecule has 0 aromatic heterocycles. The van der Waals surface area contributed by atoms with E-state index in [9.17, 15) is 5.11 Å². The number of hydrogen-bond donors (Lipinski definition) is 2. The first-order valence-electron chi connectivity index (χ1n) is 10.3. The summed E-state index contributed by atoms with van der Waals surface area (Å²) in [7, 11) is 1.69. The van der Waals surface area contributed by atoms with Crippen molar-refractivity contribution in [2.45, 2.75) is 62.7 Å². The van der Waals surface area contributed by atoms with E-state index in [0.29, 0.717) is 12.5 Å². The van der Waals surface area contributed by atoms with Crippen LogP contribution < -0.4 is 10.5 Å². The van der Waals surface area contributed by atoms with E-state index in [1.54, 1.807) is 7.11 Å². The molecular formula is C24H31NO3. The highest BCUT2D eigenvalue weighted by atomic mass is 16.5. The highest BCUT2D eigenvalue weighted by molar-refractivity contribution is 5.37. The number of benzene rings is 2. The predicted molar refractivity (Wildman–Crippen MR) is 111 cm³/mol. The van der Waals surface area contributed by atoms with Gasteiger partial charge in [-0.15, -0.1) is 0 Å². The van der Waals surface area contributed by atoms with E-state index in [1.165, 1.54) is 16.7 Å². The van der Waals surface area contributed by atoms with Crippen molar-refractivity contribution in [1.29, 1.82) is 0 Å². The number of rotatable bonds is 6. The topological polar surface area (TPSA) is 64.7 Å². The molecule has 2 aromatic rings. The fraction of sp³-hybridized carbons (Fsp3) is 0.500. The predicted octanol–water partition coefficient (Wildman–Crippen LogP) is 3.73. The Kier molecular flexibility index (Phi) is 5.72. The minimum atomic E-state index is -0.389. The fourth-order valence-electron chi connectivity index (χ4n) is 4.70. The number of aliphatic hydroxyl groups is 1. The van der Waals surface area contributed by atoms with Crippen molar-refractivity contribution < 1.29 is 14.6 Å². The maximum absolute atomic E-state index is 9.53. The molecule has 0 aliphatic heterocycles. The molecule has 4 nitrogen and oxygen atoms in total. The molecule has 0 saturated heterocycles. The number of fused-ring (bicyclic) bond motifs is 1. The molecular weight excluding hydrogens is 350 g/mol. The first kappa shape index (κ1) is 19.4. The van der Waals surface area contributed by atoms with Crippen LogP contribution in [0, 0.1) is 0 Å². The van der Waals surface area contributed by atoms with Gasteiger partial charge in [0.1, 0.15) is 5.75 Å². The molecule has 0 heterocycles. The van der Waals surface area contributed by atoms with E-state index in [1.807, 2.05) is 18.2 Å². The van der Waals surface area contributed by atoms with Gasteiger partial charge in [0, 0.05) is 5.54 Å². The second kappa shape index (κ2) is 8.24. The standard InChI is InChI=1S/C24H31NO3/c1-27-22-4-2-3-17(11-22)15-28-23-8-7-18-12-19(5-6-20(18)13-23)21-9-10-24(25,14-21)16-26/h2-6,11-12,21,23,26H,7-10,13-16,25H2,1H3/t21-,23+,24+/m0/s1. The van der Waals surface area contributed by atoms with Crippen LogP contribution in [0.1, 0.15) is 53.9 Å². The Morgan fingerprint density at radius 2 is 2.04 bits per heavy atom. The van der Waals surface area contributed by atoms with Crippen molar-refractivity contribution in [1.82, 2.24) is 0 Å². The molecule has 3 atom stereocenters. The van der Waals surface area contributed by atoms with Gasteiger partial charge in [0.05, 0.1) is 26.4 Å². The van der Waals surface area contributed by atoms with Gasteiger partial charge < -0.3 is 20.3 Å². The lowest BCUT2D eigenvalue weighted by Crippen LogP contribution is -2.40. The summed E-state index contributed by atoms with van der Waals surface area (Å²) in [5.74, 6) is 1.35. The van der Waals surface area contributed by atoms with Crippen molar-refractivity contribution in [2.24, 2.45) is 5.73 Å². The Labute approximate surface area is 167 Å². The second-order valence-electron chi connectivity index (χ2n) is 8.52. The molecule has 2 aliphatic rings. The Balaban J connectivity index is 1.37. The molecule has 4 rings (SSSR count). The quantitative estimate of drug-likeness (QED) is 0.800. The summed E-state index contributed by atoms with van der Waals surface area (Å²) in [5.41, 5.74) is 11.3. The van der Waals surface area contributed by atoms with Crippen LogP contribution in [0.5, 0.6) is 5.75 Å². The summed E-state index contributed by atoms with van der Waals surface area (Å²) >= 11 is 0. The maximum atomic E-state index is 9.53. The zero-order chi connectivity index (χ0) is 19.6. The summed E-state index contributed by atoms with van der Waals surface area (Å²) in [6.07, 6.45) is 6.22. The van der Waals surface area contributed by atoms with E-state index in [-0.39, 0.29) is 18.2 Å². The largest absolute Gasteiger partial charge is 0.497 e. The molecule has 150 valence electrons. The Bertz CT molecular complexity index is 821. The van der Waals surface area contributed by atoms with Crippen molar-refractivity contribution in [3.8, 4) is 5.75 Å². The minimum Gasteiger partial charge on any atom is -0.497 e. The van der Waals surface area contributed by atoms with E-state index >= 15 is 0 Å². The van der Waals surface area contributed by atoms with Gasteiger partial charge in [-0.3, -0.25) is 0 Å². The number of hydrogen-bond acceptors (Lipinski definition) is 4. The van der Waals surface area contributed by atoms with Crippen LogP contribution in [0.15, 0.2) is 42.5 Å². The lowest BCUT2D eigenvalue weighted by atomic mass is 9.85. The number of methoxy groups -OCH3 is 1. The third-order valence-corrected chi connectivity index (χ3v) is 6.46. The van der Waals surface area contributed by atoms with Gasteiger partial charge in [-0.2, -0.15) is 0 Å². The molecule has 28 heavy (non-hydrogen) atoms. The molecule has 0 unspecified atom stereocenters. The second-order valence-corrected chi connectivity index (χ2v) is 8.52. The molecule has 0 bridgehead atoms. The zero-order valence-corrected chi connectivity index (χ0v) is 16.7. The van der Waals surface area contributed by atoms with Gasteiger partial charge >= 0.3 is 0 Å². The molecule has 2 aromatic carbocycles. The molecule has 0 spiro atoms. The third-order valence-electron chi connectivity index (χ3n) is 6.46. The Morgan fingerprint density at radius 3 is 2.82 bits per heavy atom. The molecule has 3 N–H and O–H groups in total. The summed E-state index contributed by atoms with van der Waals surface area (Å²) < 4.78 is 11.5. The van der Waals surface area contributed by atoms with Crippen molar-refractivity contribution >= 4 is 0 Å². The van der Waals surface area contributed by atoms with E-state index in [2.05, 4.69) is 24.3 Å². The van der Waals surface area contributed by atoms with Crippen molar-refractivity contribution in [3.63, 3.8) is 0 Å². The van der Waals surface area contributed by atoms with Gasteiger partial charge in [-0.1, -0.05) is 30.3 Å². The highest BCUT2D eigenvalue weighted by Gasteiger charge is 2.36. The maximum Gasteiger partial charge on any atom is 0.119 e. The summed E-state index contributed by atoms with van der Waals surface area (Å²) in [6.45, 7) is 0.706. The molecule has 0 amide bonds. The SMILES string of the molecule is COc1cccc(CO[C@@H]2CCc3cc([C@H]4CC[C@](N)(CO)C4)ccc3C2)c1. The van der Waals surface area contributed by atoms with Gasteiger partial charge in [0.25, 0.3) is 0 Å². The summed E-state index contributed by atoms with van der Waals surface area (Å²) in [6, 6.07) is 15.0. The van der Waals surface area contributed by atoms with Gasteiger partial charge in [0.2, 0.25) is 0 Å². The third kappa shape index (κ3) is 4.24. The van der Waals surface area contributed by atoms with Gasteiger partial charge in [-0.25, -0.2) is 0 Å². The van der Waals surface area contributed by atoms with E-state index in [0.717, 1.165) is 49.8 Å². The van der Waals surface area contributed by atoms with Crippen LogP contribution in [0.25, 0.3) is 0 Å². The summed E-state index contributed by atoms with van der Waals surface area (Å²) in [5, 5.41) is 9.53. The van der Waals surface area contributed by atoms with Crippen LogP contribution >= 0.6 is 0 Å². The van der Waals surface area contributed by atoms with Crippen molar-refractivity contribution in [3.05, 3.63) is 64.7 Å². The number of nitrogens with two attached hydrogens (primary N) is 1. The molecule has 4 heteroatoms. The Hall–Kier alpha value is -1.88. The van der Waals surface area contributed by atoms with Crippen LogP contribution in [-0.2, 0) is 24.2 Å². The normalized spacial score (nSPS) is 26.8. The van der Waals surface area contributed by atoms with E-state index < -0.39 is 0 Å². The zero-order valence-electron chi connectivity index (χ0n) is 16.7. The number of aryl methyl sites for hydroxylation is 1. The average molecular weight is 382 g/mol. The highest BCUT2D eigenvalue weighted by Crippen LogP contribution is 2.40. The van der Waals surface area contributed by atoms with Crippen LogP contribution in [0.3, 0.4) is 0 Å². The fourth-order valence-corrected chi connectivity index (χ4v) is 4.70. The van der Waals surface area contributed by atoms with Crippen LogP contribution in [0.2, 0.25) is 0 Å². The van der Waals surface area contributed by atoms with Crippen LogP contribution in [0.4, 0.5) is 0 Å². The number of aliphatic hydroxyl groups excluding tert-OH is 1. The summed E-state index contributed by atoms with van der Waals surface area (Å²) in [4.78, 5) is 0. The van der Waals surface area contributed by atoms with Crippen molar-refractivity contribution in [2.75, 3.05) is 13.7 Å². The van der Waals surface area contributed by atoms with Gasteiger partial charge in [0.15, 0.2) is 0 Å². The first-order valence-corrected chi connectivity index (χ1v) is 10.3. The van der Waals surface area contributed by atoms with Gasteiger partial charge in [-0.05, 0) is 78.8 Å². The minimum absolute atomic E-state index is 0.0841. The first-order chi connectivity index (χ1) is 13.6. The lowest BCUT2D eigenvalue weighted by Gasteiger charge is -2.26. The number of ether oxygens (including phenoxy) is 2. The van der Waals surface area contributed by atoms with E-state index in [4.69, 9.17) is 15.2 Å². The monoisotopic (exact) mass is 381 g/mol.